The molecule has 2 nitrogen and oxygen atoms in total. The number of nitrogens with zero attached hydrogens (tertiary/aromatic N) is 2. The van der Waals surface area contributed by atoms with Crippen molar-refractivity contribution in [2.24, 2.45) is 0 Å². The molecule has 0 spiro atoms. The van der Waals surface area contributed by atoms with Gasteiger partial charge in [-0.2, -0.15) is 0 Å². The molecule has 0 saturated carbocycles. The van der Waals surface area contributed by atoms with Crippen molar-refractivity contribution in [2.75, 3.05) is 32.4 Å². The lowest BCUT2D eigenvalue weighted by molar-refractivity contribution is 0.178. The van der Waals surface area contributed by atoms with Crippen LogP contribution in [0.3, 0.4) is 0 Å². The fourth-order valence-corrected chi connectivity index (χ4v) is 2.87. The zero-order valence-electron chi connectivity index (χ0n) is 11.1. The van der Waals surface area contributed by atoms with Gasteiger partial charge in [0.2, 0.25) is 0 Å². The Hall–Kier alpha value is -0.580. The van der Waals surface area contributed by atoms with Gasteiger partial charge in [0, 0.05) is 32.7 Å². The third-order valence-corrected chi connectivity index (χ3v) is 4.83. The van der Waals surface area contributed by atoms with Crippen molar-refractivity contribution in [3.63, 3.8) is 0 Å². The molecule has 1 saturated heterocycles. The lowest BCUT2D eigenvalue weighted by Crippen LogP contribution is -2.47. The van der Waals surface area contributed by atoms with Crippen molar-refractivity contribution in [2.45, 2.75) is 13.5 Å². The van der Waals surface area contributed by atoms with Crippen LogP contribution in [0, 0.1) is 6.92 Å². The molecule has 1 aromatic rings. The Balaban J connectivity index is 1.87. The number of piperazine rings is 1. The number of thiocarbonyl (C=S) groups is 1. The molecule has 18 heavy (non-hydrogen) atoms. The number of thioether (sulfide) groups is 1. The van der Waals surface area contributed by atoms with E-state index in [2.05, 4.69) is 47.2 Å². The number of aryl methyl sites for hydroxylation is 1. The van der Waals surface area contributed by atoms with Crippen molar-refractivity contribution in [3.05, 3.63) is 35.4 Å². The van der Waals surface area contributed by atoms with Gasteiger partial charge in [-0.1, -0.05) is 36.5 Å². The average Bonchev–Trinajstić information content (AvgIpc) is 2.41. The molecule has 98 valence electrons. The summed E-state index contributed by atoms with van der Waals surface area (Å²) in [5.41, 5.74) is 2.83. The highest BCUT2D eigenvalue weighted by atomic mass is 32.2. The van der Waals surface area contributed by atoms with E-state index in [9.17, 15) is 0 Å². The topological polar surface area (TPSA) is 6.48 Å². The van der Waals surface area contributed by atoms with Crippen LogP contribution in [0.1, 0.15) is 11.1 Å². The minimum atomic E-state index is 1.03. The van der Waals surface area contributed by atoms with E-state index in [1.807, 2.05) is 0 Å². The third kappa shape index (κ3) is 3.46. The van der Waals surface area contributed by atoms with E-state index in [0.29, 0.717) is 0 Å². The summed E-state index contributed by atoms with van der Waals surface area (Å²) in [6.07, 6.45) is 2.06. The quantitative estimate of drug-likeness (QED) is 0.768. The molecule has 0 atom stereocenters. The van der Waals surface area contributed by atoms with E-state index < -0.39 is 0 Å². The van der Waals surface area contributed by atoms with Crippen molar-refractivity contribution < 1.29 is 0 Å². The minimum Gasteiger partial charge on any atom is -0.355 e. The molecule has 0 N–H and O–H groups in total. The molecule has 0 aromatic heterocycles. The normalized spacial score (nSPS) is 16.9. The van der Waals surface area contributed by atoms with Crippen LogP contribution in [0.25, 0.3) is 0 Å². The number of hydrogen-bond acceptors (Lipinski definition) is 3. The Morgan fingerprint density at radius 1 is 1.22 bits per heavy atom. The third-order valence-electron chi connectivity index (χ3n) is 3.46. The van der Waals surface area contributed by atoms with Gasteiger partial charge in [0.1, 0.15) is 4.32 Å². The average molecular weight is 280 g/mol. The summed E-state index contributed by atoms with van der Waals surface area (Å²) >= 11 is 7.01. The first-order valence-electron chi connectivity index (χ1n) is 6.30. The highest BCUT2D eigenvalue weighted by molar-refractivity contribution is 8.22. The predicted molar refractivity (Wildman–Crippen MR) is 84.1 cm³/mol. The maximum Gasteiger partial charge on any atom is 0.136 e. The van der Waals surface area contributed by atoms with E-state index >= 15 is 0 Å². The summed E-state index contributed by atoms with van der Waals surface area (Å²) in [4.78, 5) is 4.83. The predicted octanol–water partition coefficient (Wildman–Crippen LogP) is 2.76. The standard InChI is InChI=1S/C14H20N2S2/c1-12-5-3-4-6-13(12)11-15-7-9-16(10-8-15)14(17)18-2/h3-6H,7-11H2,1-2H3. The molecule has 0 radical (unpaired) electrons. The summed E-state index contributed by atoms with van der Waals surface area (Å²) in [5.74, 6) is 0. The Kier molecular flexibility index (Phi) is 5.03. The van der Waals surface area contributed by atoms with Gasteiger partial charge >= 0.3 is 0 Å². The van der Waals surface area contributed by atoms with E-state index in [1.165, 1.54) is 11.1 Å². The van der Waals surface area contributed by atoms with Crippen LogP contribution in [0.2, 0.25) is 0 Å². The molecule has 0 aliphatic carbocycles. The maximum atomic E-state index is 5.33. The summed E-state index contributed by atoms with van der Waals surface area (Å²) < 4.78 is 1.03. The molecule has 1 aliphatic rings. The molecule has 2 rings (SSSR count). The van der Waals surface area contributed by atoms with Gasteiger partial charge in [-0.3, -0.25) is 4.90 Å². The van der Waals surface area contributed by atoms with Crippen LogP contribution < -0.4 is 0 Å². The van der Waals surface area contributed by atoms with Gasteiger partial charge in [0.15, 0.2) is 0 Å². The molecule has 0 bridgehead atoms. The summed E-state index contributed by atoms with van der Waals surface area (Å²) in [7, 11) is 0. The second-order valence-corrected chi connectivity index (χ2v) is 6.10. The second-order valence-electron chi connectivity index (χ2n) is 4.66. The first-order chi connectivity index (χ1) is 8.70. The Morgan fingerprint density at radius 3 is 2.50 bits per heavy atom. The van der Waals surface area contributed by atoms with Crippen LogP contribution in [-0.2, 0) is 6.54 Å². The fourth-order valence-electron chi connectivity index (χ4n) is 2.25. The molecule has 0 amide bonds. The summed E-state index contributed by atoms with van der Waals surface area (Å²) in [6, 6.07) is 8.65. The van der Waals surface area contributed by atoms with Crippen LogP contribution in [0.15, 0.2) is 24.3 Å². The van der Waals surface area contributed by atoms with E-state index in [4.69, 9.17) is 12.2 Å². The van der Waals surface area contributed by atoms with Gasteiger partial charge in [0.25, 0.3) is 0 Å². The van der Waals surface area contributed by atoms with Crippen molar-refractivity contribution in [3.8, 4) is 0 Å². The molecule has 1 fully saturated rings. The zero-order chi connectivity index (χ0) is 13.0. The Morgan fingerprint density at radius 2 is 1.89 bits per heavy atom. The SMILES string of the molecule is CSC(=S)N1CCN(Cc2ccccc2C)CC1. The van der Waals surface area contributed by atoms with Crippen LogP contribution in [0.4, 0.5) is 0 Å². The Bertz CT molecular complexity index is 412. The number of rotatable bonds is 2. The molecule has 0 unspecified atom stereocenters. The zero-order valence-corrected chi connectivity index (χ0v) is 12.7. The van der Waals surface area contributed by atoms with Gasteiger partial charge in [-0.25, -0.2) is 0 Å². The molecule has 4 heteroatoms. The van der Waals surface area contributed by atoms with Gasteiger partial charge < -0.3 is 4.90 Å². The van der Waals surface area contributed by atoms with Crippen LogP contribution in [-0.4, -0.2) is 46.6 Å². The van der Waals surface area contributed by atoms with Gasteiger partial charge in [-0.05, 0) is 24.3 Å². The highest BCUT2D eigenvalue weighted by Gasteiger charge is 2.18. The maximum absolute atomic E-state index is 5.33. The fraction of sp³-hybridized carbons (Fsp3) is 0.500. The number of hydrogen-bond donors (Lipinski definition) is 0. The van der Waals surface area contributed by atoms with Gasteiger partial charge in [-0.15, -0.1) is 11.8 Å². The first-order valence-corrected chi connectivity index (χ1v) is 7.94. The van der Waals surface area contributed by atoms with Crippen LogP contribution >= 0.6 is 24.0 Å². The largest absolute Gasteiger partial charge is 0.355 e. The molecular formula is C14H20N2S2. The summed E-state index contributed by atoms with van der Waals surface area (Å²) in [5, 5.41) is 0. The molecular weight excluding hydrogens is 260 g/mol. The molecule has 1 aromatic carbocycles. The second kappa shape index (κ2) is 6.55. The van der Waals surface area contributed by atoms with Crippen molar-refractivity contribution in [1.82, 2.24) is 9.80 Å². The lowest BCUT2D eigenvalue weighted by Gasteiger charge is -2.35. The monoisotopic (exact) mass is 280 g/mol. The van der Waals surface area contributed by atoms with E-state index in [-0.39, 0.29) is 0 Å². The van der Waals surface area contributed by atoms with E-state index in [0.717, 1.165) is 37.0 Å². The smallest absolute Gasteiger partial charge is 0.136 e. The minimum absolute atomic E-state index is 1.03. The van der Waals surface area contributed by atoms with Crippen molar-refractivity contribution >= 4 is 28.3 Å². The summed E-state index contributed by atoms with van der Waals surface area (Å²) in [6.45, 7) is 7.59. The van der Waals surface area contributed by atoms with E-state index in [1.54, 1.807) is 11.8 Å². The van der Waals surface area contributed by atoms with Gasteiger partial charge in [0.05, 0.1) is 0 Å². The molecule has 1 aliphatic heterocycles. The molecule has 1 heterocycles. The number of benzene rings is 1. The highest BCUT2D eigenvalue weighted by Crippen LogP contribution is 2.14. The first kappa shape index (κ1) is 13.8. The Labute approximate surface area is 119 Å². The van der Waals surface area contributed by atoms with Crippen LogP contribution in [0.5, 0.6) is 0 Å². The van der Waals surface area contributed by atoms with Crippen molar-refractivity contribution in [1.29, 1.82) is 0 Å². The lowest BCUT2D eigenvalue weighted by atomic mass is 10.1.